The van der Waals surface area contributed by atoms with E-state index in [1.54, 1.807) is 78.9 Å². The van der Waals surface area contributed by atoms with Crippen molar-refractivity contribution >= 4 is 23.7 Å². The Labute approximate surface area is 246 Å². The summed E-state index contributed by atoms with van der Waals surface area (Å²) in [4.78, 5) is 53.8. The van der Waals surface area contributed by atoms with Gasteiger partial charge in [0.25, 0.3) is 0 Å². The Bertz CT molecular complexity index is 1770. The summed E-state index contributed by atoms with van der Waals surface area (Å²) in [5.74, 6) is -5.48. The van der Waals surface area contributed by atoms with E-state index >= 15 is 0 Å². The summed E-state index contributed by atoms with van der Waals surface area (Å²) < 4.78 is 16.7. The summed E-state index contributed by atoms with van der Waals surface area (Å²) in [6.45, 7) is -0.136. The second kappa shape index (κ2) is 13.1. The molecule has 0 aliphatic heterocycles. The Balaban J connectivity index is 1.66. The second-order valence-electron chi connectivity index (χ2n) is 9.24. The lowest BCUT2D eigenvalue weighted by Gasteiger charge is -2.18. The Morgan fingerprint density at radius 2 is 0.977 bits per heavy atom. The zero-order chi connectivity index (χ0) is 30.2. The maximum absolute atomic E-state index is 14.0. The average Bonchev–Trinajstić information content (AvgIpc) is 3.06. The number of ether oxygens (including phenoxy) is 3. The quantitative estimate of drug-likeness (QED) is 0.122. The van der Waals surface area contributed by atoms with Crippen molar-refractivity contribution in [1.29, 1.82) is 0 Å². The normalized spacial score (nSPS) is 10.4. The van der Waals surface area contributed by atoms with Crippen LogP contribution in [0.3, 0.4) is 0 Å². The highest BCUT2D eigenvalue weighted by Gasteiger charge is 2.33. The van der Waals surface area contributed by atoms with E-state index in [2.05, 4.69) is 0 Å². The molecular weight excluding hydrogens is 548 g/mol. The number of aromatic hydroxyl groups is 1. The molecule has 0 atom stereocenters. The number of phenols is 1. The van der Waals surface area contributed by atoms with Crippen LogP contribution in [-0.4, -0.2) is 28.8 Å². The first-order valence-corrected chi connectivity index (χ1v) is 13.2. The number of hydrogen-bond donors (Lipinski definition) is 1. The van der Waals surface area contributed by atoms with Crippen molar-refractivity contribution < 1.29 is 38.5 Å². The van der Waals surface area contributed by atoms with Gasteiger partial charge in [-0.3, -0.25) is 4.79 Å². The zero-order valence-electron chi connectivity index (χ0n) is 22.6. The predicted octanol–water partition coefficient (Wildman–Crippen LogP) is 6.42. The summed E-state index contributed by atoms with van der Waals surface area (Å²) in [7, 11) is 0. The zero-order valence-corrected chi connectivity index (χ0v) is 22.6. The highest BCUT2D eigenvalue weighted by atomic mass is 16.6. The molecule has 0 aromatic heterocycles. The van der Waals surface area contributed by atoms with Crippen molar-refractivity contribution in [2.24, 2.45) is 0 Å². The van der Waals surface area contributed by atoms with Crippen LogP contribution in [-0.2, 0) is 11.3 Å². The smallest absolute Gasteiger partial charge is 0.343 e. The minimum absolute atomic E-state index is 0.109. The molecule has 5 rings (SSSR count). The van der Waals surface area contributed by atoms with E-state index in [0.29, 0.717) is 5.56 Å². The molecule has 5 aromatic carbocycles. The highest BCUT2D eigenvalue weighted by Crippen LogP contribution is 2.44. The van der Waals surface area contributed by atoms with Gasteiger partial charge >= 0.3 is 17.9 Å². The van der Waals surface area contributed by atoms with E-state index in [1.165, 1.54) is 36.4 Å². The molecule has 0 saturated carbocycles. The van der Waals surface area contributed by atoms with Crippen molar-refractivity contribution in [1.82, 2.24) is 0 Å². The van der Waals surface area contributed by atoms with Gasteiger partial charge in [-0.05, 0) is 35.9 Å². The van der Waals surface area contributed by atoms with Crippen LogP contribution in [0.4, 0.5) is 0 Å². The largest absolute Gasteiger partial charge is 0.504 e. The molecule has 43 heavy (non-hydrogen) atoms. The Hall–Kier alpha value is -6.02. The Kier molecular flexibility index (Phi) is 8.68. The molecule has 0 radical (unpaired) electrons. The van der Waals surface area contributed by atoms with E-state index in [0.717, 1.165) is 6.07 Å². The van der Waals surface area contributed by atoms with Gasteiger partial charge in [-0.1, -0.05) is 97.1 Å². The maximum atomic E-state index is 14.0. The second-order valence-corrected chi connectivity index (χ2v) is 9.24. The molecule has 0 aliphatic rings. The van der Waals surface area contributed by atoms with Crippen LogP contribution in [0.25, 0.3) is 0 Å². The van der Waals surface area contributed by atoms with Gasteiger partial charge in [-0.25, -0.2) is 14.4 Å². The summed E-state index contributed by atoms with van der Waals surface area (Å²) in [5, 5.41) is 11.1. The molecule has 0 bridgehead atoms. The number of ketones is 1. The van der Waals surface area contributed by atoms with Crippen LogP contribution in [0.1, 0.15) is 52.6 Å². The molecule has 0 unspecified atom stereocenters. The van der Waals surface area contributed by atoms with Crippen LogP contribution in [0.2, 0.25) is 0 Å². The van der Waals surface area contributed by atoms with Crippen molar-refractivity contribution in [3.63, 3.8) is 0 Å². The third kappa shape index (κ3) is 6.66. The van der Waals surface area contributed by atoms with Crippen LogP contribution in [0.15, 0.2) is 127 Å². The highest BCUT2D eigenvalue weighted by molar-refractivity contribution is 6.17. The minimum Gasteiger partial charge on any atom is -0.504 e. The van der Waals surface area contributed by atoms with E-state index in [-0.39, 0.29) is 23.3 Å². The van der Waals surface area contributed by atoms with Crippen LogP contribution >= 0.6 is 0 Å². The molecule has 5 aromatic rings. The van der Waals surface area contributed by atoms with Gasteiger partial charge in [0.15, 0.2) is 17.3 Å². The van der Waals surface area contributed by atoms with Gasteiger partial charge in [0.1, 0.15) is 6.61 Å². The third-order valence-electron chi connectivity index (χ3n) is 6.32. The molecular formula is C35H24O8. The fourth-order valence-electron chi connectivity index (χ4n) is 4.20. The van der Waals surface area contributed by atoms with Gasteiger partial charge in [0.05, 0.1) is 22.3 Å². The van der Waals surface area contributed by atoms with Crippen molar-refractivity contribution in [2.45, 2.75) is 6.61 Å². The van der Waals surface area contributed by atoms with E-state index < -0.39 is 52.1 Å². The maximum Gasteiger partial charge on any atom is 0.343 e. The summed E-state index contributed by atoms with van der Waals surface area (Å²) in [6, 6.07) is 33.5. The lowest BCUT2D eigenvalue weighted by atomic mass is 9.96. The predicted molar refractivity (Wildman–Crippen MR) is 156 cm³/mol. The monoisotopic (exact) mass is 572 g/mol. The van der Waals surface area contributed by atoms with Crippen molar-refractivity contribution in [3.05, 3.63) is 161 Å². The van der Waals surface area contributed by atoms with Gasteiger partial charge in [-0.2, -0.15) is 0 Å². The fourth-order valence-corrected chi connectivity index (χ4v) is 4.20. The van der Waals surface area contributed by atoms with Crippen molar-refractivity contribution in [3.8, 4) is 17.2 Å². The molecule has 8 nitrogen and oxygen atoms in total. The standard InChI is InChI=1S/C35H24O8/c36-28-21-27(35(40)41-22-23-13-5-1-6-14-23)29(30(37)24-15-7-2-8-16-24)32(43-34(39)26-19-11-4-12-20-26)31(28)42-33(38)25-17-9-3-10-18-25/h1-21,36H,22H2. The lowest BCUT2D eigenvalue weighted by molar-refractivity contribution is 0.0467. The molecule has 0 saturated heterocycles. The minimum atomic E-state index is -0.976. The number of benzene rings is 5. The van der Waals surface area contributed by atoms with Gasteiger partial charge in [0, 0.05) is 5.56 Å². The molecule has 0 spiro atoms. The number of hydrogen-bond acceptors (Lipinski definition) is 8. The van der Waals surface area contributed by atoms with Gasteiger partial charge < -0.3 is 19.3 Å². The van der Waals surface area contributed by atoms with E-state index in [4.69, 9.17) is 14.2 Å². The van der Waals surface area contributed by atoms with Gasteiger partial charge in [-0.15, -0.1) is 0 Å². The third-order valence-corrected chi connectivity index (χ3v) is 6.32. The first kappa shape index (κ1) is 28.5. The summed E-state index contributed by atoms with van der Waals surface area (Å²) in [6.07, 6.45) is 0. The Morgan fingerprint density at radius 3 is 1.49 bits per heavy atom. The number of carbonyl (C=O) groups excluding carboxylic acids is 4. The molecule has 0 amide bonds. The lowest BCUT2D eigenvalue weighted by Crippen LogP contribution is -2.19. The van der Waals surface area contributed by atoms with Crippen molar-refractivity contribution in [2.75, 3.05) is 0 Å². The molecule has 212 valence electrons. The van der Waals surface area contributed by atoms with Gasteiger partial charge in [0.2, 0.25) is 5.75 Å². The van der Waals surface area contributed by atoms with Crippen LogP contribution < -0.4 is 9.47 Å². The first-order valence-electron chi connectivity index (χ1n) is 13.2. The summed E-state index contributed by atoms with van der Waals surface area (Å²) >= 11 is 0. The molecule has 1 N–H and O–H groups in total. The average molecular weight is 573 g/mol. The molecule has 0 aliphatic carbocycles. The number of esters is 3. The topological polar surface area (TPSA) is 116 Å². The van der Waals surface area contributed by atoms with E-state index in [1.807, 2.05) is 6.07 Å². The van der Waals surface area contributed by atoms with E-state index in [9.17, 15) is 24.3 Å². The SMILES string of the molecule is O=C(Oc1c(O)cc(C(=O)OCc2ccccc2)c(C(=O)c2ccccc2)c1OC(=O)c1ccccc1)c1ccccc1. The molecule has 0 fully saturated rings. The first-order chi connectivity index (χ1) is 20.9. The molecule has 8 heteroatoms. The van der Waals surface area contributed by atoms with Crippen LogP contribution in [0.5, 0.6) is 17.2 Å². The fraction of sp³-hybridized carbons (Fsp3) is 0.0286. The Morgan fingerprint density at radius 1 is 0.535 bits per heavy atom. The number of phenolic OH excluding ortho intramolecular Hbond substituents is 1. The summed E-state index contributed by atoms with van der Waals surface area (Å²) in [5.41, 5.74) is 0.240. The van der Waals surface area contributed by atoms with Crippen LogP contribution in [0, 0.1) is 0 Å². The number of rotatable bonds is 9. The molecule has 0 heterocycles. The number of carbonyl (C=O) groups is 4.